The Labute approximate surface area is 254 Å². The molecule has 2 fully saturated rings. The van der Waals surface area contributed by atoms with E-state index in [1.807, 2.05) is 18.2 Å². The second-order valence-corrected chi connectivity index (χ2v) is 12.7. The van der Waals surface area contributed by atoms with Crippen molar-refractivity contribution >= 4 is 22.7 Å². The lowest BCUT2D eigenvalue weighted by molar-refractivity contribution is 0.0311. The van der Waals surface area contributed by atoms with Gasteiger partial charge in [-0.05, 0) is 80.1 Å². The lowest BCUT2D eigenvalue weighted by Gasteiger charge is -2.41. The molecule has 43 heavy (non-hydrogen) atoms. The molecule has 0 bridgehead atoms. The third-order valence-corrected chi connectivity index (χ3v) is 9.78. The van der Waals surface area contributed by atoms with Crippen LogP contribution in [-0.2, 0) is 11.3 Å². The number of hydrogen-bond acceptors (Lipinski definition) is 7. The van der Waals surface area contributed by atoms with E-state index in [1.165, 1.54) is 11.8 Å². The molecule has 1 N–H and O–H groups in total. The van der Waals surface area contributed by atoms with Crippen molar-refractivity contribution in [2.75, 3.05) is 65.4 Å². The third kappa shape index (κ3) is 7.81. The zero-order chi connectivity index (χ0) is 30.4. The van der Waals surface area contributed by atoms with Crippen molar-refractivity contribution in [2.24, 2.45) is 5.41 Å². The number of likely N-dealkylation sites (tertiary alicyclic amines) is 1. The van der Waals surface area contributed by atoms with Gasteiger partial charge in [-0.15, -0.1) is 11.8 Å². The Morgan fingerprint density at radius 3 is 2.44 bits per heavy atom. The number of fused-ring (bicyclic) bond motifs is 1. The van der Waals surface area contributed by atoms with Crippen LogP contribution in [0.4, 0.5) is 17.6 Å². The van der Waals surface area contributed by atoms with Crippen LogP contribution in [0, 0.1) is 22.9 Å². The Bertz CT molecular complexity index is 1360. The van der Waals surface area contributed by atoms with Gasteiger partial charge in [-0.1, -0.05) is 0 Å². The normalized spacial score (nSPS) is 18.7. The highest BCUT2D eigenvalue weighted by Gasteiger charge is 2.35. The number of rotatable bonds is 12. The molecule has 0 unspecified atom stereocenters. The van der Waals surface area contributed by atoms with Crippen LogP contribution in [0.15, 0.2) is 41.4 Å². The zero-order valence-electron chi connectivity index (χ0n) is 24.5. The molecule has 0 radical (unpaired) electrons. The standard InChI is InChI=1S/C32H39F4N3O3S/c1-41-23-2-3-29-25(16-23)30(22(19-37-29)20-39-10-13-42-14-11-39)26(33)4-5-32(21-40)6-8-38(9-7-32)12-15-43-24-17-27(34)31(36)28(35)18-24/h2-3,16-19,26,40H,4-15,20-21H2,1H3/t26-/m0/s1. The van der Waals surface area contributed by atoms with Crippen molar-refractivity contribution in [2.45, 2.75) is 43.3 Å². The fraction of sp³-hybridized carbons (Fsp3) is 0.531. The molecule has 3 aromatic rings. The van der Waals surface area contributed by atoms with Crippen LogP contribution in [0.1, 0.15) is 43.0 Å². The number of halogens is 4. The van der Waals surface area contributed by atoms with Gasteiger partial charge in [0.15, 0.2) is 17.5 Å². The van der Waals surface area contributed by atoms with Crippen LogP contribution < -0.4 is 4.74 Å². The molecule has 2 saturated heterocycles. The van der Waals surface area contributed by atoms with Crippen LogP contribution in [0.25, 0.3) is 10.9 Å². The minimum atomic E-state index is -1.46. The summed E-state index contributed by atoms with van der Waals surface area (Å²) in [5.74, 6) is -2.59. The number of aromatic nitrogens is 1. The highest BCUT2D eigenvalue weighted by Crippen LogP contribution is 2.41. The van der Waals surface area contributed by atoms with Crippen molar-refractivity contribution in [3.05, 3.63) is 65.1 Å². The SMILES string of the molecule is COc1ccc2ncc(CN3CCOCC3)c([C@@H](F)CCC3(CO)CCN(CCSc4cc(F)c(F)c(F)c4)CC3)c2c1. The number of alkyl halides is 1. The summed E-state index contributed by atoms with van der Waals surface area (Å²) in [6.07, 6.45) is 2.84. The molecule has 2 aromatic carbocycles. The maximum absolute atomic E-state index is 16.4. The molecule has 2 aliphatic heterocycles. The fourth-order valence-electron chi connectivity index (χ4n) is 6.08. The maximum atomic E-state index is 16.4. The lowest BCUT2D eigenvalue weighted by Crippen LogP contribution is -2.43. The molecule has 1 aromatic heterocycles. The summed E-state index contributed by atoms with van der Waals surface area (Å²) in [5.41, 5.74) is 1.86. The van der Waals surface area contributed by atoms with Gasteiger partial charge >= 0.3 is 0 Å². The van der Waals surface area contributed by atoms with Crippen LogP contribution in [-0.4, -0.2) is 85.3 Å². The van der Waals surface area contributed by atoms with Crippen LogP contribution in [0.5, 0.6) is 5.75 Å². The predicted molar refractivity (Wildman–Crippen MR) is 160 cm³/mol. The minimum Gasteiger partial charge on any atom is -0.497 e. The number of piperidine rings is 1. The van der Waals surface area contributed by atoms with Gasteiger partial charge in [-0.2, -0.15) is 0 Å². The van der Waals surface area contributed by atoms with Crippen LogP contribution in [0.2, 0.25) is 0 Å². The number of nitrogens with zero attached hydrogens (tertiary/aromatic N) is 3. The van der Waals surface area contributed by atoms with Gasteiger partial charge in [0.2, 0.25) is 0 Å². The quantitative estimate of drug-likeness (QED) is 0.148. The topological polar surface area (TPSA) is 58.1 Å². The van der Waals surface area contributed by atoms with E-state index >= 15 is 4.39 Å². The molecule has 0 saturated carbocycles. The summed E-state index contributed by atoms with van der Waals surface area (Å²) in [7, 11) is 1.59. The van der Waals surface area contributed by atoms with Crippen molar-refractivity contribution < 1.29 is 32.1 Å². The molecule has 234 valence electrons. The summed E-state index contributed by atoms with van der Waals surface area (Å²) < 4.78 is 67.6. The number of benzene rings is 2. The van der Waals surface area contributed by atoms with Crippen molar-refractivity contribution in [1.29, 1.82) is 0 Å². The first-order valence-electron chi connectivity index (χ1n) is 14.8. The highest BCUT2D eigenvalue weighted by atomic mass is 32.2. The molecule has 5 rings (SSSR count). The van der Waals surface area contributed by atoms with E-state index in [-0.39, 0.29) is 18.4 Å². The Kier molecular flexibility index (Phi) is 10.8. The van der Waals surface area contributed by atoms with Gasteiger partial charge in [0.1, 0.15) is 11.9 Å². The number of aliphatic hydroxyl groups excluding tert-OH is 1. The van der Waals surface area contributed by atoms with E-state index in [1.54, 1.807) is 13.3 Å². The molecule has 3 heterocycles. The van der Waals surface area contributed by atoms with Crippen LogP contribution >= 0.6 is 11.8 Å². The van der Waals surface area contributed by atoms with Gasteiger partial charge in [-0.25, -0.2) is 17.6 Å². The average Bonchev–Trinajstić information content (AvgIpc) is 3.03. The Hall–Kier alpha value is -2.44. The number of aliphatic hydroxyl groups is 1. The molecule has 0 aliphatic carbocycles. The Balaban J connectivity index is 1.22. The Morgan fingerprint density at radius 1 is 1.05 bits per heavy atom. The number of ether oxygens (including phenoxy) is 2. The van der Waals surface area contributed by atoms with E-state index in [9.17, 15) is 18.3 Å². The summed E-state index contributed by atoms with van der Waals surface area (Å²) in [4.78, 5) is 9.48. The number of thioether (sulfide) groups is 1. The van der Waals surface area contributed by atoms with E-state index in [4.69, 9.17) is 9.47 Å². The molecule has 2 aliphatic rings. The number of morpholine rings is 1. The molecular formula is C32H39F4N3O3S. The molecular weight excluding hydrogens is 582 g/mol. The summed E-state index contributed by atoms with van der Waals surface area (Å²) in [5, 5.41) is 11.2. The van der Waals surface area contributed by atoms with E-state index in [0.29, 0.717) is 54.7 Å². The Morgan fingerprint density at radius 2 is 1.77 bits per heavy atom. The first-order valence-corrected chi connectivity index (χ1v) is 15.8. The smallest absolute Gasteiger partial charge is 0.194 e. The summed E-state index contributed by atoms with van der Waals surface area (Å²) in [6.45, 7) is 5.62. The molecule has 0 spiro atoms. The average molecular weight is 622 g/mol. The second kappa shape index (κ2) is 14.6. The highest BCUT2D eigenvalue weighted by molar-refractivity contribution is 7.99. The summed E-state index contributed by atoms with van der Waals surface area (Å²) >= 11 is 1.27. The van der Waals surface area contributed by atoms with Gasteiger partial charge < -0.3 is 19.5 Å². The fourth-order valence-corrected chi connectivity index (χ4v) is 7.04. The van der Waals surface area contributed by atoms with E-state index in [2.05, 4.69) is 14.8 Å². The van der Waals surface area contributed by atoms with Crippen LogP contribution in [0.3, 0.4) is 0 Å². The van der Waals surface area contributed by atoms with E-state index < -0.39 is 23.6 Å². The number of pyridine rings is 1. The molecule has 0 amide bonds. The predicted octanol–water partition coefficient (Wildman–Crippen LogP) is 6.15. The van der Waals surface area contributed by atoms with Crippen molar-refractivity contribution in [3.8, 4) is 5.75 Å². The number of methoxy groups -OCH3 is 1. The lowest BCUT2D eigenvalue weighted by atomic mass is 9.74. The van der Waals surface area contributed by atoms with Gasteiger partial charge in [-0.3, -0.25) is 9.88 Å². The minimum absolute atomic E-state index is 0.0119. The second-order valence-electron chi connectivity index (χ2n) is 11.5. The van der Waals surface area contributed by atoms with Gasteiger partial charge in [0.25, 0.3) is 0 Å². The van der Waals surface area contributed by atoms with E-state index in [0.717, 1.165) is 67.6 Å². The van der Waals surface area contributed by atoms with Gasteiger partial charge in [0.05, 0.1) is 25.8 Å². The first-order chi connectivity index (χ1) is 20.8. The molecule has 6 nitrogen and oxygen atoms in total. The summed E-state index contributed by atoms with van der Waals surface area (Å²) in [6, 6.07) is 7.57. The zero-order valence-corrected chi connectivity index (χ0v) is 25.3. The monoisotopic (exact) mass is 621 g/mol. The van der Waals surface area contributed by atoms with Crippen molar-refractivity contribution in [1.82, 2.24) is 14.8 Å². The first kappa shape index (κ1) is 32.0. The van der Waals surface area contributed by atoms with Crippen molar-refractivity contribution in [3.63, 3.8) is 0 Å². The molecule has 1 atom stereocenters. The maximum Gasteiger partial charge on any atom is 0.194 e. The largest absolute Gasteiger partial charge is 0.497 e. The number of hydrogen-bond donors (Lipinski definition) is 1. The molecule has 11 heteroatoms. The third-order valence-electron chi connectivity index (χ3n) is 8.82. The van der Waals surface area contributed by atoms with Gasteiger partial charge in [0, 0.05) is 60.6 Å².